The maximum Gasteiger partial charge on any atom is 0.321 e. The van der Waals surface area contributed by atoms with Crippen LogP contribution in [0, 0.1) is 0 Å². The van der Waals surface area contributed by atoms with Crippen LogP contribution in [-0.2, 0) is 10.2 Å². The first-order chi connectivity index (χ1) is 9.47. The number of H-pyrrole nitrogens is 1. The molecule has 0 aliphatic rings. The molecule has 0 radical (unpaired) electrons. The first-order valence-corrected chi connectivity index (χ1v) is 7.63. The number of hydrogen-bond acceptors (Lipinski definition) is 5. The summed E-state index contributed by atoms with van der Waals surface area (Å²) in [7, 11) is 0. The van der Waals surface area contributed by atoms with Crippen LogP contribution in [0.2, 0.25) is 0 Å². The molecule has 0 aliphatic heterocycles. The fourth-order valence-corrected chi connectivity index (χ4v) is 1.91. The van der Waals surface area contributed by atoms with E-state index in [1.54, 1.807) is 0 Å². The lowest BCUT2D eigenvalue weighted by Crippen LogP contribution is -2.48. The van der Waals surface area contributed by atoms with E-state index in [4.69, 9.17) is 0 Å². The molecule has 21 heavy (non-hydrogen) atoms. The average Bonchev–Trinajstić information content (AvgIpc) is 2.71. The van der Waals surface area contributed by atoms with Crippen LogP contribution in [0.1, 0.15) is 47.4 Å². The molecule has 0 atom stereocenters. The van der Waals surface area contributed by atoms with Crippen molar-refractivity contribution < 1.29 is 9.59 Å². The highest BCUT2D eigenvalue weighted by atomic mass is 32.2. The highest BCUT2D eigenvalue weighted by Crippen LogP contribution is 2.20. The quantitative estimate of drug-likeness (QED) is 0.739. The Balaban J connectivity index is 2.43. The topological polar surface area (TPSA) is 99.8 Å². The number of aromatic nitrogens is 3. The molecular weight excluding hydrogens is 290 g/mol. The van der Waals surface area contributed by atoms with Crippen molar-refractivity contribution in [1.82, 2.24) is 25.8 Å². The molecule has 3 N–H and O–H groups in total. The van der Waals surface area contributed by atoms with E-state index in [-0.39, 0.29) is 22.6 Å². The van der Waals surface area contributed by atoms with Gasteiger partial charge in [0.05, 0.1) is 5.75 Å². The van der Waals surface area contributed by atoms with Crippen LogP contribution in [0.3, 0.4) is 0 Å². The second kappa shape index (κ2) is 6.46. The van der Waals surface area contributed by atoms with Gasteiger partial charge in [-0.3, -0.25) is 15.2 Å². The van der Waals surface area contributed by atoms with Crippen LogP contribution < -0.4 is 10.6 Å². The maximum atomic E-state index is 11.7. The van der Waals surface area contributed by atoms with E-state index in [0.29, 0.717) is 5.16 Å². The Labute approximate surface area is 129 Å². The van der Waals surface area contributed by atoms with Crippen LogP contribution in [0.5, 0.6) is 0 Å². The zero-order valence-electron chi connectivity index (χ0n) is 13.3. The van der Waals surface area contributed by atoms with Crippen LogP contribution in [0.15, 0.2) is 5.16 Å². The number of amides is 3. The summed E-state index contributed by atoms with van der Waals surface area (Å²) < 4.78 is 0. The number of nitrogens with one attached hydrogen (secondary N) is 3. The van der Waals surface area contributed by atoms with E-state index in [1.807, 2.05) is 41.5 Å². The summed E-state index contributed by atoms with van der Waals surface area (Å²) in [5.74, 6) is 0.457. The van der Waals surface area contributed by atoms with Gasteiger partial charge in [-0.2, -0.15) is 0 Å². The number of nitrogens with zero attached hydrogens (tertiary/aromatic N) is 2. The first kappa shape index (κ1) is 17.5. The third kappa shape index (κ3) is 6.61. The van der Waals surface area contributed by atoms with Crippen molar-refractivity contribution in [2.75, 3.05) is 5.75 Å². The zero-order valence-corrected chi connectivity index (χ0v) is 14.1. The van der Waals surface area contributed by atoms with Crippen molar-refractivity contribution in [3.05, 3.63) is 5.82 Å². The van der Waals surface area contributed by atoms with Gasteiger partial charge >= 0.3 is 6.03 Å². The van der Waals surface area contributed by atoms with E-state index in [0.717, 1.165) is 5.82 Å². The molecule has 0 spiro atoms. The number of carbonyl (C=O) groups excluding carboxylic acids is 2. The smallest absolute Gasteiger partial charge is 0.321 e. The lowest BCUT2D eigenvalue weighted by molar-refractivity contribution is -0.117. The standard InChI is InChI=1S/C13H23N5O2S/c1-12(2,3)9-15-11(18-17-9)21-7-8(19)14-10(20)16-13(4,5)6/h7H2,1-6H3,(H,15,17,18)(H2,14,16,19,20). The van der Waals surface area contributed by atoms with E-state index in [2.05, 4.69) is 25.8 Å². The summed E-state index contributed by atoms with van der Waals surface area (Å²) in [6.45, 7) is 11.6. The van der Waals surface area contributed by atoms with Gasteiger partial charge in [0.1, 0.15) is 5.82 Å². The molecule has 3 amide bonds. The Hall–Kier alpha value is -1.57. The molecule has 1 heterocycles. The number of imide groups is 1. The molecule has 0 fully saturated rings. The van der Waals surface area contributed by atoms with Crippen LogP contribution in [0.4, 0.5) is 4.79 Å². The average molecular weight is 313 g/mol. The van der Waals surface area contributed by atoms with Gasteiger partial charge < -0.3 is 5.32 Å². The molecule has 8 heteroatoms. The highest BCUT2D eigenvalue weighted by Gasteiger charge is 2.20. The lowest BCUT2D eigenvalue weighted by atomic mass is 9.96. The third-order valence-electron chi connectivity index (χ3n) is 2.25. The van der Waals surface area contributed by atoms with Gasteiger partial charge in [-0.05, 0) is 20.8 Å². The van der Waals surface area contributed by atoms with Crippen molar-refractivity contribution >= 4 is 23.7 Å². The molecule has 0 aliphatic carbocycles. The fraction of sp³-hybridized carbons (Fsp3) is 0.692. The minimum absolute atomic E-state index is 0.0823. The van der Waals surface area contributed by atoms with E-state index in [9.17, 15) is 9.59 Å². The Morgan fingerprint density at radius 2 is 1.81 bits per heavy atom. The zero-order chi connectivity index (χ0) is 16.3. The molecule has 0 aromatic carbocycles. The molecule has 0 unspecified atom stereocenters. The normalized spacial score (nSPS) is 12.1. The summed E-state index contributed by atoms with van der Waals surface area (Å²) in [5.41, 5.74) is -0.510. The van der Waals surface area contributed by atoms with Crippen molar-refractivity contribution in [1.29, 1.82) is 0 Å². The van der Waals surface area contributed by atoms with Crippen molar-refractivity contribution in [3.63, 3.8) is 0 Å². The number of thioether (sulfide) groups is 1. The van der Waals surface area contributed by atoms with E-state index >= 15 is 0 Å². The maximum absolute atomic E-state index is 11.7. The lowest BCUT2D eigenvalue weighted by Gasteiger charge is -2.20. The molecule has 0 bridgehead atoms. The third-order valence-corrected chi connectivity index (χ3v) is 3.10. The Kier molecular flexibility index (Phi) is 5.38. The molecule has 0 saturated heterocycles. The SMILES string of the molecule is CC(C)(C)NC(=O)NC(=O)CSc1n[nH]c(C(C)(C)C)n1. The highest BCUT2D eigenvalue weighted by molar-refractivity contribution is 7.99. The van der Waals surface area contributed by atoms with Gasteiger partial charge in [0.15, 0.2) is 0 Å². The number of rotatable bonds is 3. The van der Waals surface area contributed by atoms with Gasteiger partial charge in [-0.1, -0.05) is 32.5 Å². The Morgan fingerprint density at radius 3 is 2.29 bits per heavy atom. The number of hydrogen-bond donors (Lipinski definition) is 3. The number of carbonyl (C=O) groups is 2. The molecule has 1 rings (SSSR count). The molecule has 0 saturated carbocycles. The van der Waals surface area contributed by atoms with Crippen LogP contribution >= 0.6 is 11.8 Å². The second-order valence-electron chi connectivity index (χ2n) is 6.76. The van der Waals surface area contributed by atoms with Crippen molar-refractivity contribution in [2.24, 2.45) is 0 Å². The summed E-state index contributed by atoms with van der Waals surface area (Å²) in [5, 5.41) is 12.3. The molecule has 1 aromatic heterocycles. The number of urea groups is 1. The summed E-state index contributed by atoms with van der Waals surface area (Å²) in [6.07, 6.45) is 0. The van der Waals surface area contributed by atoms with Crippen molar-refractivity contribution in [3.8, 4) is 0 Å². The Bertz CT molecular complexity index is 513. The Morgan fingerprint density at radius 1 is 1.19 bits per heavy atom. The second-order valence-corrected chi connectivity index (χ2v) is 7.70. The molecule has 7 nitrogen and oxygen atoms in total. The molecule has 1 aromatic rings. The molecular formula is C13H23N5O2S. The summed E-state index contributed by atoms with van der Waals surface area (Å²) in [4.78, 5) is 27.5. The van der Waals surface area contributed by atoms with Gasteiger partial charge in [0.2, 0.25) is 11.1 Å². The largest absolute Gasteiger partial charge is 0.333 e. The van der Waals surface area contributed by atoms with E-state index < -0.39 is 6.03 Å². The van der Waals surface area contributed by atoms with Crippen LogP contribution in [0.25, 0.3) is 0 Å². The van der Waals surface area contributed by atoms with Crippen molar-refractivity contribution in [2.45, 2.75) is 57.7 Å². The predicted octanol–water partition coefficient (Wildman–Crippen LogP) is 1.82. The minimum atomic E-state index is -0.501. The number of aromatic amines is 1. The fourth-order valence-electron chi connectivity index (χ4n) is 1.31. The monoisotopic (exact) mass is 313 g/mol. The van der Waals surface area contributed by atoms with E-state index in [1.165, 1.54) is 11.8 Å². The van der Waals surface area contributed by atoms with Gasteiger partial charge in [0.25, 0.3) is 0 Å². The first-order valence-electron chi connectivity index (χ1n) is 6.65. The van der Waals surface area contributed by atoms with Crippen LogP contribution in [-0.4, -0.2) is 38.4 Å². The molecule has 118 valence electrons. The predicted molar refractivity (Wildman–Crippen MR) is 82.2 cm³/mol. The van der Waals surface area contributed by atoms with Gasteiger partial charge in [-0.25, -0.2) is 9.78 Å². The van der Waals surface area contributed by atoms with Gasteiger partial charge in [0, 0.05) is 11.0 Å². The summed E-state index contributed by atoms with van der Waals surface area (Å²) >= 11 is 1.18. The minimum Gasteiger partial charge on any atom is -0.333 e. The van der Waals surface area contributed by atoms with Gasteiger partial charge in [-0.15, -0.1) is 5.10 Å². The summed E-state index contributed by atoms with van der Waals surface area (Å²) in [6, 6.07) is -0.501.